The zero-order valence-electron chi connectivity index (χ0n) is 8.53. The smallest absolute Gasteiger partial charge is 0.316 e. The van der Waals surface area contributed by atoms with Crippen LogP contribution in [0.5, 0.6) is 0 Å². The van der Waals surface area contributed by atoms with Gasteiger partial charge in [-0.05, 0) is 24.1 Å². The fourth-order valence-corrected chi connectivity index (χ4v) is 1.02. The maximum atomic E-state index is 11.1. The molecule has 0 atom stereocenters. The van der Waals surface area contributed by atoms with Crippen LogP contribution in [0.2, 0.25) is 0 Å². The monoisotopic (exact) mass is 193 g/mol. The summed E-state index contributed by atoms with van der Waals surface area (Å²) in [6.07, 6.45) is 4.34. The van der Waals surface area contributed by atoms with Crippen molar-refractivity contribution < 1.29 is 4.79 Å². The molecule has 0 bridgehead atoms. The minimum Gasteiger partial charge on any atom is -0.338 e. The van der Waals surface area contributed by atoms with Crippen LogP contribution in [0.1, 0.15) is 5.56 Å². The molecule has 2 amide bonds. The van der Waals surface area contributed by atoms with Crippen molar-refractivity contribution in [3.05, 3.63) is 30.1 Å². The highest BCUT2D eigenvalue weighted by Crippen LogP contribution is 1.95. The Morgan fingerprint density at radius 1 is 1.43 bits per heavy atom. The first-order valence-electron chi connectivity index (χ1n) is 4.54. The Bertz CT molecular complexity index is 285. The molecule has 0 fully saturated rings. The number of nitrogens with one attached hydrogen (secondary N) is 1. The van der Waals surface area contributed by atoms with Crippen LogP contribution in [0.15, 0.2) is 24.5 Å². The molecule has 1 N–H and O–H groups in total. The van der Waals surface area contributed by atoms with E-state index in [0.29, 0.717) is 6.54 Å². The molecule has 0 saturated heterocycles. The number of urea groups is 1. The number of carbonyl (C=O) groups excluding carboxylic acids is 1. The number of hydrogen-bond donors (Lipinski definition) is 1. The molecular weight excluding hydrogens is 178 g/mol. The predicted molar refractivity (Wildman–Crippen MR) is 55.0 cm³/mol. The number of amides is 2. The van der Waals surface area contributed by atoms with E-state index in [0.717, 1.165) is 6.42 Å². The van der Waals surface area contributed by atoms with Crippen molar-refractivity contribution in [3.8, 4) is 0 Å². The number of rotatable bonds is 3. The van der Waals surface area contributed by atoms with Crippen LogP contribution in [0.3, 0.4) is 0 Å². The lowest BCUT2D eigenvalue weighted by molar-refractivity contribution is 0.217. The molecule has 0 aliphatic carbocycles. The molecule has 76 valence electrons. The Kier molecular flexibility index (Phi) is 3.91. The first-order valence-corrected chi connectivity index (χ1v) is 4.54. The van der Waals surface area contributed by atoms with Crippen molar-refractivity contribution in [1.82, 2.24) is 15.2 Å². The number of hydrogen-bond acceptors (Lipinski definition) is 2. The number of aromatic nitrogens is 1. The van der Waals surface area contributed by atoms with Gasteiger partial charge in [0.15, 0.2) is 0 Å². The Balaban J connectivity index is 2.26. The Morgan fingerprint density at radius 2 is 2.07 bits per heavy atom. The average Bonchev–Trinajstić information content (AvgIpc) is 2.19. The van der Waals surface area contributed by atoms with Gasteiger partial charge in [-0.2, -0.15) is 0 Å². The minimum absolute atomic E-state index is 0.0564. The normalized spacial score (nSPS) is 9.57. The quantitative estimate of drug-likeness (QED) is 0.775. The first-order chi connectivity index (χ1) is 6.70. The van der Waals surface area contributed by atoms with Gasteiger partial charge in [-0.1, -0.05) is 0 Å². The molecule has 0 aliphatic heterocycles. The van der Waals surface area contributed by atoms with Gasteiger partial charge in [-0.25, -0.2) is 4.79 Å². The summed E-state index contributed by atoms with van der Waals surface area (Å²) in [5.41, 5.74) is 1.18. The highest BCUT2D eigenvalue weighted by Gasteiger charge is 2.00. The molecule has 0 radical (unpaired) electrons. The van der Waals surface area contributed by atoms with E-state index < -0.39 is 0 Å². The lowest BCUT2D eigenvalue weighted by atomic mass is 10.2. The van der Waals surface area contributed by atoms with Gasteiger partial charge in [0.2, 0.25) is 0 Å². The van der Waals surface area contributed by atoms with E-state index in [1.54, 1.807) is 26.5 Å². The van der Waals surface area contributed by atoms with E-state index in [9.17, 15) is 4.79 Å². The lowest BCUT2D eigenvalue weighted by Crippen LogP contribution is -2.35. The van der Waals surface area contributed by atoms with Gasteiger partial charge in [0, 0.05) is 33.0 Å². The molecule has 4 heteroatoms. The van der Waals surface area contributed by atoms with Crippen molar-refractivity contribution in [1.29, 1.82) is 0 Å². The first kappa shape index (κ1) is 10.5. The molecule has 4 nitrogen and oxygen atoms in total. The third-order valence-electron chi connectivity index (χ3n) is 1.85. The highest BCUT2D eigenvalue weighted by molar-refractivity contribution is 5.73. The Labute approximate surface area is 83.9 Å². The van der Waals surface area contributed by atoms with Gasteiger partial charge >= 0.3 is 6.03 Å². The fraction of sp³-hybridized carbons (Fsp3) is 0.400. The summed E-state index contributed by atoms with van der Waals surface area (Å²) in [4.78, 5) is 16.6. The summed E-state index contributed by atoms with van der Waals surface area (Å²) >= 11 is 0. The molecular formula is C10H15N3O. The zero-order chi connectivity index (χ0) is 10.4. The van der Waals surface area contributed by atoms with E-state index in [-0.39, 0.29) is 6.03 Å². The van der Waals surface area contributed by atoms with Gasteiger partial charge in [0.25, 0.3) is 0 Å². The van der Waals surface area contributed by atoms with E-state index in [4.69, 9.17) is 0 Å². The summed E-state index contributed by atoms with van der Waals surface area (Å²) < 4.78 is 0. The van der Waals surface area contributed by atoms with Gasteiger partial charge < -0.3 is 10.2 Å². The molecule has 1 heterocycles. The molecule has 0 unspecified atom stereocenters. The summed E-state index contributed by atoms with van der Waals surface area (Å²) in [6, 6.07) is 3.84. The molecule has 0 spiro atoms. The number of pyridine rings is 1. The van der Waals surface area contributed by atoms with Crippen LogP contribution in [0, 0.1) is 0 Å². The minimum atomic E-state index is -0.0564. The summed E-state index contributed by atoms with van der Waals surface area (Å²) in [7, 11) is 3.45. The Hall–Kier alpha value is -1.58. The van der Waals surface area contributed by atoms with Crippen molar-refractivity contribution in [2.45, 2.75) is 6.42 Å². The average molecular weight is 193 g/mol. The van der Waals surface area contributed by atoms with E-state index in [1.165, 1.54) is 10.5 Å². The van der Waals surface area contributed by atoms with Crippen molar-refractivity contribution in [2.24, 2.45) is 0 Å². The maximum Gasteiger partial charge on any atom is 0.316 e. The highest BCUT2D eigenvalue weighted by atomic mass is 16.2. The van der Waals surface area contributed by atoms with E-state index in [1.807, 2.05) is 12.1 Å². The largest absolute Gasteiger partial charge is 0.338 e. The number of carbonyl (C=O) groups is 1. The van der Waals surface area contributed by atoms with Crippen molar-refractivity contribution in [3.63, 3.8) is 0 Å². The van der Waals surface area contributed by atoms with Crippen molar-refractivity contribution in [2.75, 3.05) is 20.6 Å². The molecule has 1 aromatic heterocycles. The topological polar surface area (TPSA) is 45.2 Å². The summed E-state index contributed by atoms with van der Waals surface area (Å²) in [5.74, 6) is 0. The summed E-state index contributed by atoms with van der Waals surface area (Å²) in [5, 5.41) is 2.80. The molecule has 14 heavy (non-hydrogen) atoms. The third-order valence-corrected chi connectivity index (χ3v) is 1.85. The Morgan fingerprint density at radius 3 is 2.64 bits per heavy atom. The lowest BCUT2D eigenvalue weighted by Gasteiger charge is -2.11. The predicted octanol–water partition coefficient (Wildman–Crippen LogP) is 0.895. The molecule has 0 saturated carbocycles. The van der Waals surface area contributed by atoms with Gasteiger partial charge in [0.1, 0.15) is 0 Å². The van der Waals surface area contributed by atoms with Crippen LogP contribution in [-0.4, -0.2) is 36.6 Å². The van der Waals surface area contributed by atoms with Crippen LogP contribution in [-0.2, 0) is 6.42 Å². The van der Waals surface area contributed by atoms with Crippen LogP contribution >= 0.6 is 0 Å². The third kappa shape index (κ3) is 3.43. The SMILES string of the molecule is CN(C)C(=O)NCCc1ccncc1. The van der Waals surface area contributed by atoms with Crippen LogP contribution < -0.4 is 5.32 Å². The summed E-state index contributed by atoms with van der Waals surface area (Å²) in [6.45, 7) is 0.654. The second-order valence-corrected chi connectivity index (χ2v) is 3.23. The van der Waals surface area contributed by atoms with Crippen LogP contribution in [0.25, 0.3) is 0 Å². The molecule has 0 aromatic carbocycles. The van der Waals surface area contributed by atoms with Gasteiger partial charge in [-0.15, -0.1) is 0 Å². The zero-order valence-corrected chi connectivity index (χ0v) is 8.53. The second kappa shape index (κ2) is 5.21. The molecule has 1 rings (SSSR count). The number of nitrogens with zero attached hydrogens (tertiary/aromatic N) is 2. The van der Waals surface area contributed by atoms with E-state index >= 15 is 0 Å². The van der Waals surface area contributed by atoms with Gasteiger partial charge in [-0.3, -0.25) is 4.98 Å². The standard InChI is InChI=1S/C10H15N3O/c1-13(2)10(14)12-8-5-9-3-6-11-7-4-9/h3-4,6-7H,5,8H2,1-2H3,(H,12,14). The second-order valence-electron chi connectivity index (χ2n) is 3.23. The van der Waals surface area contributed by atoms with E-state index in [2.05, 4.69) is 10.3 Å². The fourth-order valence-electron chi connectivity index (χ4n) is 1.02. The van der Waals surface area contributed by atoms with Gasteiger partial charge in [0.05, 0.1) is 0 Å². The van der Waals surface area contributed by atoms with Crippen molar-refractivity contribution >= 4 is 6.03 Å². The molecule has 0 aliphatic rings. The molecule has 1 aromatic rings. The van der Waals surface area contributed by atoms with Crippen LogP contribution in [0.4, 0.5) is 4.79 Å². The maximum absolute atomic E-state index is 11.1.